The van der Waals surface area contributed by atoms with Gasteiger partial charge in [-0.05, 0) is 17.0 Å². The average molecular weight is 270 g/mol. The lowest BCUT2D eigenvalue weighted by atomic mass is 10.3. The summed E-state index contributed by atoms with van der Waals surface area (Å²) in [6, 6.07) is 20.3. The Bertz CT molecular complexity index is 468. The van der Waals surface area contributed by atoms with Crippen molar-refractivity contribution >= 4 is 24.1 Å². The maximum Gasteiger partial charge on any atom is 0.163 e. The lowest BCUT2D eigenvalue weighted by molar-refractivity contribution is -0.111. The van der Waals surface area contributed by atoms with Crippen molar-refractivity contribution in [3.8, 4) is 0 Å². The van der Waals surface area contributed by atoms with Crippen molar-refractivity contribution in [3.63, 3.8) is 0 Å². The molecule has 2 aromatic rings. The number of hydrogen-bond donors (Lipinski definition) is 0. The van der Waals surface area contributed by atoms with Gasteiger partial charge in [-0.25, -0.2) is 0 Å². The van der Waals surface area contributed by atoms with Crippen LogP contribution in [0.2, 0.25) is 0 Å². The van der Waals surface area contributed by atoms with Crippen LogP contribution in [0.4, 0.5) is 0 Å². The molecule has 0 unspecified atom stereocenters. The molecule has 0 N–H and O–H groups in total. The Morgan fingerprint density at radius 1 is 0.895 bits per heavy atom. The minimum absolute atomic E-state index is 0.384. The number of rotatable bonds is 6. The number of unbranched alkanes of at least 4 members (excludes halogenated alkanes) is 1. The highest BCUT2D eigenvalue weighted by atomic mass is 31.1. The molecule has 0 amide bonds. The first-order chi connectivity index (χ1) is 9.33. The highest BCUT2D eigenvalue weighted by molar-refractivity contribution is 7.87. The molecule has 2 rings (SSSR count). The zero-order valence-corrected chi connectivity index (χ0v) is 12.1. The molecule has 19 heavy (non-hydrogen) atoms. The van der Waals surface area contributed by atoms with Crippen molar-refractivity contribution in [2.24, 2.45) is 0 Å². The zero-order valence-electron chi connectivity index (χ0n) is 11.3. The van der Waals surface area contributed by atoms with E-state index in [1.54, 1.807) is 0 Å². The van der Waals surface area contributed by atoms with E-state index in [1.807, 2.05) is 36.4 Å². The molecule has 0 aliphatic carbocycles. The van der Waals surface area contributed by atoms with Gasteiger partial charge in [-0.1, -0.05) is 74.0 Å². The molecule has 0 radical (unpaired) electrons. The zero-order chi connectivity index (χ0) is 13.5. The molecule has 0 saturated carbocycles. The van der Waals surface area contributed by atoms with E-state index in [9.17, 15) is 4.79 Å². The molecule has 98 valence electrons. The first kappa shape index (κ1) is 14.0. The van der Waals surface area contributed by atoms with E-state index in [1.165, 1.54) is 0 Å². The molecule has 0 atom stereocenters. The summed E-state index contributed by atoms with van der Waals surface area (Å²) in [6.45, 7) is 2.13. The Kier molecular flexibility index (Phi) is 5.30. The van der Waals surface area contributed by atoms with E-state index in [4.69, 9.17) is 0 Å². The number of carbonyl (C=O) groups excluding carboxylic acids is 1. The molecule has 0 heterocycles. The molecule has 0 bridgehead atoms. The molecular formula is C17H19OP. The Hall–Kier alpha value is -1.46. The van der Waals surface area contributed by atoms with Gasteiger partial charge < -0.3 is 0 Å². The second-order valence-corrected chi connectivity index (χ2v) is 6.71. The van der Waals surface area contributed by atoms with E-state index in [0.717, 1.165) is 23.5 Å². The minimum Gasteiger partial charge on any atom is -0.294 e. The van der Waals surface area contributed by atoms with E-state index < -0.39 is 7.92 Å². The van der Waals surface area contributed by atoms with Gasteiger partial charge in [0.25, 0.3) is 0 Å². The lowest BCUT2D eigenvalue weighted by Gasteiger charge is -2.17. The molecule has 2 aromatic carbocycles. The summed E-state index contributed by atoms with van der Waals surface area (Å²) in [5.74, 6) is 0. The number of hydrogen-bond acceptors (Lipinski definition) is 1. The van der Waals surface area contributed by atoms with Crippen molar-refractivity contribution in [3.05, 3.63) is 60.7 Å². The van der Waals surface area contributed by atoms with Crippen molar-refractivity contribution in [1.82, 2.24) is 0 Å². The van der Waals surface area contributed by atoms with Crippen LogP contribution in [-0.2, 0) is 4.79 Å². The van der Waals surface area contributed by atoms with Gasteiger partial charge in [0.1, 0.15) is 0 Å². The Labute approximate surface area is 116 Å². The van der Waals surface area contributed by atoms with Crippen LogP contribution in [0.15, 0.2) is 60.7 Å². The maximum atomic E-state index is 12.5. The Morgan fingerprint density at radius 3 is 1.79 bits per heavy atom. The molecule has 0 aromatic heterocycles. The third-order valence-electron chi connectivity index (χ3n) is 3.02. The molecule has 2 heteroatoms. The lowest BCUT2D eigenvalue weighted by Crippen LogP contribution is -2.17. The summed E-state index contributed by atoms with van der Waals surface area (Å²) < 4.78 is 0. The maximum absolute atomic E-state index is 12.5. The van der Waals surface area contributed by atoms with Gasteiger partial charge in [-0.2, -0.15) is 0 Å². The van der Waals surface area contributed by atoms with Crippen molar-refractivity contribution < 1.29 is 4.79 Å². The first-order valence-corrected chi connectivity index (χ1v) is 8.10. The number of benzene rings is 2. The standard InChI is InChI=1S/C17H19OP/c1-2-3-14-17(18)19(15-10-6-4-7-11-15)16-12-8-5-9-13-16/h4-13H,2-3,14H2,1H3. The van der Waals surface area contributed by atoms with Crippen LogP contribution in [0, 0.1) is 0 Å². The van der Waals surface area contributed by atoms with Gasteiger partial charge in [0, 0.05) is 14.3 Å². The van der Waals surface area contributed by atoms with Gasteiger partial charge in [0.05, 0.1) is 0 Å². The van der Waals surface area contributed by atoms with E-state index in [0.29, 0.717) is 11.9 Å². The molecule has 1 nitrogen and oxygen atoms in total. The van der Waals surface area contributed by atoms with Crippen LogP contribution in [0.1, 0.15) is 26.2 Å². The summed E-state index contributed by atoms with van der Waals surface area (Å²) in [7, 11) is -0.863. The second-order valence-electron chi connectivity index (χ2n) is 4.50. The summed E-state index contributed by atoms with van der Waals surface area (Å²) >= 11 is 0. The molecule has 0 aliphatic heterocycles. The molecule has 0 spiro atoms. The van der Waals surface area contributed by atoms with Crippen LogP contribution < -0.4 is 10.6 Å². The van der Waals surface area contributed by atoms with Gasteiger partial charge in [-0.15, -0.1) is 0 Å². The smallest absolute Gasteiger partial charge is 0.163 e. The fraction of sp³-hybridized carbons (Fsp3) is 0.235. The van der Waals surface area contributed by atoms with E-state index in [2.05, 4.69) is 31.2 Å². The quantitative estimate of drug-likeness (QED) is 0.729. The van der Waals surface area contributed by atoms with Crippen LogP contribution in [0.5, 0.6) is 0 Å². The van der Waals surface area contributed by atoms with Gasteiger partial charge in [-0.3, -0.25) is 4.79 Å². The highest BCUT2D eigenvalue weighted by Crippen LogP contribution is 2.36. The Balaban J connectivity index is 2.31. The Morgan fingerprint density at radius 2 is 1.37 bits per heavy atom. The predicted molar refractivity (Wildman–Crippen MR) is 83.6 cm³/mol. The summed E-state index contributed by atoms with van der Waals surface area (Å²) in [6.07, 6.45) is 2.74. The van der Waals surface area contributed by atoms with Crippen molar-refractivity contribution in [1.29, 1.82) is 0 Å². The van der Waals surface area contributed by atoms with E-state index in [-0.39, 0.29) is 0 Å². The molecule has 0 fully saturated rings. The monoisotopic (exact) mass is 270 g/mol. The van der Waals surface area contributed by atoms with Crippen molar-refractivity contribution in [2.45, 2.75) is 26.2 Å². The topological polar surface area (TPSA) is 17.1 Å². The SMILES string of the molecule is CCCCC(=O)P(c1ccccc1)c1ccccc1. The predicted octanol–water partition coefficient (Wildman–Crippen LogP) is 3.84. The average Bonchev–Trinajstić information content (AvgIpc) is 2.47. The van der Waals surface area contributed by atoms with Gasteiger partial charge in [0.2, 0.25) is 0 Å². The summed E-state index contributed by atoms with van der Waals surface area (Å²) in [4.78, 5) is 12.5. The van der Waals surface area contributed by atoms with E-state index >= 15 is 0 Å². The van der Waals surface area contributed by atoms with Gasteiger partial charge >= 0.3 is 0 Å². The minimum atomic E-state index is -0.863. The molecule has 0 saturated heterocycles. The first-order valence-electron chi connectivity index (χ1n) is 6.76. The normalized spacial score (nSPS) is 10.6. The largest absolute Gasteiger partial charge is 0.294 e. The fourth-order valence-corrected chi connectivity index (χ4v) is 4.23. The summed E-state index contributed by atoms with van der Waals surface area (Å²) in [5, 5.41) is 2.31. The molecule has 0 aliphatic rings. The van der Waals surface area contributed by atoms with Crippen LogP contribution in [0.25, 0.3) is 0 Å². The highest BCUT2D eigenvalue weighted by Gasteiger charge is 2.21. The molecular weight excluding hydrogens is 251 g/mol. The third-order valence-corrected chi connectivity index (χ3v) is 5.37. The van der Waals surface area contributed by atoms with Crippen LogP contribution >= 0.6 is 7.92 Å². The van der Waals surface area contributed by atoms with Crippen molar-refractivity contribution in [2.75, 3.05) is 0 Å². The van der Waals surface area contributed by atoms with Crippen LogP contribution in [-0.4, -0.2) is 5.52 Å². The third kappa shape index (κ3) is 3.75. The number of carbonyl (C=O) groups is 1. The van der Waals surface area contributed by atoms with Crippen LogP contribution in [0.3, 0.4) is 0 Å². The second kappa shape index (κ2) is 7.21. The fourth-order valence-electron chi connectivity index (χ4n) is 2.03. The summed E-state index contributed by atoms with van der Waals surface area (Å²) in [5.41, 5.74) is 0.384. The van der Waals surface area contributed by atoms with Gasteiger partial charge in [0.15, 0.2) is 5.52 Å².